The van der Waals surface area contributed by atoms with Crippen molar-refractivity contribution in [2.45, 2.75) is 0 Å². The van der Waals surface area contributed by atoms with Crippen molar-refractivity contribution < 1.29 is 0 Å². The van der Waals surface area contributed by atoms with E-state index in [1.807, 2.05) is 42.5 Å². The van der Waals surface area contributed by atoms with Crippen molar-refractivity contribution in [3.63, 3.8) is 0 Å². The van der Waals surface area contributed by atoms with Crippen LogP contribution >= 0.6 is 25.4 Å². The van der Waals surface area contributed by atoms with Gasteiger partial charge in [0.15, 0.2) is 5.82 Å². The molecule has 0 amide bonds. The number of hydrogen-bond acceptors (Lipinski definition) is 2. The Bertz CT molecular complexity index is 1140. The summed E-state index contributed by atoms with van der Waals surface area (Å²) in [7, 11) is 0. The van der Waals surface area contributed by atoms with Gasteiger partial charge in [0.1, 0.15) is 5.69 Å². The maximum atomic E-state index is 4.46. The van der Waals surface area contributed by atoms with E-state index in [9.17, 15) is 0 Å². The first-order valence-corrected chi connectivity index (χ1v) is 25.1. The van der Waals surface area contributed by atoms with Crippen LogP contribution in [0.2, 0.25) is 0 Å². The Kier molecular flexibility index (Phi) is 7.02. The number of imidazole rings is 1. The minimum absolute atomic E-state index is 0.816. The molecule has 1 N–H and O–H groups in total. The number of nitrogens with zero attached hydrogens (tertiary/aromatic N) is 2. The Balaban J connectivity index is 0.000000145. The molecule has 5 rings (SSSR count). The number of fused-ring (bicyclic) bond motifs is 1. The molecule has 2 aromatic heterocycles. The van der Waals surface area contributed by atoms with Gasteiger partial charge in [-0.1, -0.05) is 18.2 Å². The standard InChI is InChI=1S/C12H9N3.2C6H5.2BrH.Sn/c1-2-6-10-9(5-1)14-12(15-10)11-7-3-4-8-13-11;2*1-2-4-6-5-3-1;;;/h1-8H,(H,14,15);2*1-5H;2*1H;/q;;;;;+2/p-2. The van der Waals surface area contributed by atoms with Crippen LogP contribution in [0, 0.1) is 0 Å². The first-order valence-electron chi connectivity index (χ1n) is 9.49. The summed E-state index contributed by atoms with van der Waals surface area (Å²) >= 11 is 5.23. The van der Waals surface area contributed by atoms with Crippen molar-refractivity contribution in [1.82, 2.24) is 15.0 Å². The molecular weight excluding hydrogens is 609 g/mol. The average molecular weight is 628 g/mol. The molecular formula is C24H19Br2N3Sn. The van der Waals surface area contributed by atoms with E-state index in [2.05, 4.69) is 101 Å². The zero-order valence-electron chi connectivity index (χ0n) is 16.0. The molecule has 2 heterocycles. The second-order valence-electron chi connectivity index (χ2n) is 6.62. The number of halogens is 2. The maximum Gasteiger partial charge on any atom is 0.157 e. The SMILES string of the molecule is [Br][Sn]([Br])([c]1ccccc1)[c]1ccccc1.c1ccc(-c2nc3ccccc3[nH]2)nc1. The largest absolute Gasteiger partial charge is 0.337 e. The molecule has 6 heteroatoms. The van der Waals surface area contributed by atoms with Gasteiger partial charge < -0.3 is 4.98 Å². The average Bonchev–Trinajstić information content (AvgIpc) is 3.26. The fourth-order valence-corrected chi connectivity index (χ4v) is 14.6. The quantitative estimate of drug-likeness (QED) is 0.263. The van der Waals surface area contributed by atoms with E-state index in [1.54, 1.807) is 6.20 Å². The number of nitrogens with one attached hydrogen (secondary N) is 1. The number of pyridine rings is 1. The summed E-state index contributed by atoms with van der Waals surface area (Å²) in [5.41, 5.74) is 2.88. The number of rotatable bonds is 3. The van der Waals surface area contributed by atoms with Crippen LogP contribution in [-0.4, -0.2) is 28.9 Å². The fourth-order valence-electron chi connectivity index (χ4n) is 3.04. The second kappa shape index (κ2) is 9.90. The molecule has 0 saturated heterocycles. The first-order chi connectivity index (χ1) is 14.6. The molecule has 0 unspecified atom stereocenters. The number of aromatic amines is 1. The van der Waals surface area contributed by atoms with Crippen LogP contribution in [-0.2, 0) is 0 Å². The summed E-state index contributed by atoms with van der Waals surface area (Å²) in [4.78, 5) is 12.0. The predicted molar refractivity (Wildman–Crippen MR) is 135 cm³/mol. The topological polar surface area (TPSA) is 41.6 Å². The Hall–Kier alpha value is -1.96. The van der Waals surface area contributed by atoms with Gasteiger partial charge in [0, 0.05) is 6.20 Å². The summed E-state index contributed by atoms with van der Waals surface area (Å²) < 4.78 is 2.80. The third-order valence-corrected chi connectivity index (χ3v) is 22.9. The summed E-state index contributed by atoms with van der Waals surface area (Å²) in [6.45, 7) is 0. The summed E-state index contributed by atoms with van der Waals surface area (Å²) in [5.74, 6) is 0.816. The molecule has 3 aromatic carbocycles. The number of aromatic nitrogens is 3. The van der Waals surface area contributed by atoms with Crippen molar-refractivity contribution in [2.24, 2.45) is 0 Å². The number of para-hydroxylation sites is 2. The zero-order chi connectivity index (χ0) is 20.8. The first kappa shape index (κ1) is 21.3. The molecule has 0 aliphatic heterocycles. The Morgan fingerprint density at radius 1 is 0.633 bits per heavy atom. The molecule has 3 nitrogen and oxygen atoms in total. The molecule has 0 aliphatic rings. The maximum absolute atomic E-state index is 4.46. The third-order valence-electron chi connectivity index (χ3n) is 4.57. The minimum Gasteiger partial charge on any atom is -0.337 e. The molecule has 0 bridgehead atoms. The van der Waals surface area contributed by atoms with Crippen molar-refractivity contribution in [1.29, 1.82) is 0 Å². The molecule has 0 spiro atoms. The predicted octanol–water partition coefficient (Wildman–Crippen LogP) is 5.66. The second-order valence-corrected chi connectivity index (χ2v) is 36.3. The summed E-state index contributed by atoms with van der Waals surface area (Å²) in [5, 5.41) is 0. The summed E-state index contributed by atoms with van der Waals surface area (Å²) in [6.07, 6.45) is 1.77. The molecule has 0 fully saturated rings. The van der Waals surface area contributed by atoms with Crippen LogP contribution in [0.15, 0.2) is 109 Å². The van der Waals surface area contributed by atoms with Crippen molar-refractivity contribution in [3.8, 4) is 11.5 Å². The monoisotopic (exact) mass is 627 g/mol. The van der Waals surface area contributed by atoms with E-state index in [1.165, 1.54) is 7.16 Å². The van der Waals surface area contributed by atoms with Crippen LogP contribution in [0.4, 0.5) is 0 Å². The van der Waals surface area contributed by atoms with Gasteiger partial charge >= 0.3 is 107 Å². The molecule has 30 heavy (non-hydrogen) atoms. The van der Waals surface area contributed by atoms with Gasteiger partial charge in [0.05, 0.1) is 11.0 Å². The Labute approximate surface area is 192 Å². The van der Waals surface area contributed by atoms with Gasteiger partial charge in [-0.25, -0.2) is 4.98 Å². The summed E-state index contributed by atoms with van der Waals surface area (Å²) in [6, 6.07) is 35.0. The zero-order valence-corrected chi connectivity index (χ0v) is 22.1. The third kappa shape index (κ3) is 5.02. The van der Waals surface area contributed by atoms with Crippen molar-refractivity contribution in [2.75, 3.05) is 0 Å². The normalized spacial score (nSPS) is 11.0. The molecule has 148 valence electrons. The van der Waals surface area contributed by atoms with Crippen molar-refractivity contribution >= 4 is 57.5 Å². The van der Waals surface area contributed by atoms with Crippen LogP contribution in [0.5, 0.6) is 0 Å². The smallest absolute Gasteiger partial charge is 0.157 e. The molecule has 0 atom stereocenters. The van der Waals surface area contributed by atoms with Crippen LogP contribution in [0.25, 0.3) is 22.6 Å². The fraction of sp³-hybridized carbons (Fsp3) is 0. The van der Waals surface area contributed by atoms with E-state index < -0.39 is 13.9 Å². The van der Waals surface area contributed by atoms with Gasteiger partial charge in [-0.3, -0.25) is 4.98 Å². The van der Waals surface area contributed by atoms with E-state index in [4.69, 9.17) is 0 Å². The molecule has 0 aliphatic carbocycles. The van der Waals surface area contributed by atoms with Gasteiger partial charge in [0.2, 0.25) is 0 Å². The molecule has 0 radical (unpaired) electrons. The number of hydrogen-bond donors (Lipinski definition) is 1. The van der Waals surface area contributed by atoms with Crippen LogP contribution in [0.1, 0.15) is 0 Å². The van der Waals surface area contributed by atoms with Crippen LogP contribution in [0.3, 0.4) is 0 Å². The Morgan fingerprint density at radius 3 is 1.77 bits per heavy atom. The van der Waals surface area contributed by atoms with E-state index >= 15 is 0 Å². The molecule has 0 saturated carbocycles. The van der Waals surface area contributed by atoms with Gasteiger partial charge in [0.25, 0.3) is 0 Å². The van der Waals surface area contributed by atoms with Gasteiger partial charge in [-0.15, -0.1) is 0 Å². The van der Waals surface area contributed by atoms with E-state index in [0.717, 1.165) is 22.6 Å². The van der Waals surface area contributed by atoms with E-state index in [0.29, 0.717) is 0 Å². The van der Waals surface area contributed by atoms with Gasteiger partial charge in [-0.2, -0.15) is 0 Å². The van der Waals surface area contributed by atoms with Gasteiger partial charge in [-0.05, 0) is 24.3 Å². The van der Waals surface area contributed by atoms with Crippen molar-refractivity contribution in [3.05, 3.63) is 109 Å². The number of benzene rings is 3. The number of H-pyrrole nitrogens is 1. The minimum atomic E-state index is -2.62. The Morgan fingerprint density at radius 2 is 1.20 bits per heavy atom. The van der Waals surface area contributed by atoms with Crippen LogP contribution < -0.4 is 7.16 Å². The molecule has 5 aromatic rings. The van der Waals surface area contributed by atoms with E-state index in [-0.39, 0.29) is 0 Å².